The highest BCUT2D eigenvalue weighted by molar-refractivity contribution is 6.30. The summed E-state index contributed by atoms with van der Waals surface area (Å²) in [5.74, 6) is -0.763. The Labute approximate surface area is 202 Å². The highest BCUT2D eigenvalue weighted by Gasteiger charge is 2.23. The molecule has 1 amide bonds. The number of benzene rings is 3. The molecule has 1 atom stereocenters. The van der Waals surface area contributed by atoms with Gasteiger partial charge in [-0.3, -0.25) is 14.6 Å². The molecule has 0 radical (unpaired) electrons. The van der Waals surface area contributed by atoms with E-state index in [1.54, 1.807) is 54.7 Å². The van der Waals surface area contributed by atoms with Crippen molar-refractivity contribution in [3.63, 3.8) is 0 Å². The average Bonchev–Trinajstić information content (AvgIpc) is 2.86. The number of halogens is 2. The largest absolute Gasteiger partial charge is 0.338 e. The van der Waals surface area contributed by atoms with Gasteiger partial charge < -0.3 is 5.32 Å². The lowest BCUT2D eigenvalue weighted by Crippen LogP contribution is -2.33. The second-order valence-corrected chi connectivity index (χ2v) is 8.64. The van der Waals surface area contributed by atoms with Crippen LogP contribution in [0.5, 0.6) is 0 Å². The van der Waals surface area contributed by atoms with Crippen LogP contribution < -0.4 is 5.32 Å². The van der Waals surface area contributed by atoms with Crippen LogP contribution in [-0.2, 0) is 11.2 Å². The van der Waals surface area contributed by atoms with E-state index in [1.807, 2.05) is 18.3 Å². The third-order valence-electron chi connectivity index (χ3n) is 5.73. The Hall–Kier alpha value is -3.57. The topological polar surface area (TPSA) is 59.1 Å². The SMILES string of the molecule is O=C(N[C@H](C(=O)CCCCc1cccnc1)c1ccc(Cl)cc1)c1ccc2cc(F)ccc2c1. The minimum Gasteiger partial charge on any atom is -0.338 e. The molecule has 1 aromatic heterocycles. The van der Waals surface area contributed by atoms with E-state index in [9.17, 15) is 14.0 Å². The number of amides is 1. The summed E-state index contributed by atoms with van der Waals surface area (Å²) in [6.45, 7) is 0. The molecule has 0 spiro atoms. The van der Waals surface area contributed by atoms with Gasteiger partial charge in [0.1, 0.15) is 11.9 Å². The van der Waals surface area contributed by atoms with Crippen molar-refractivity contribution in [1.29, 1.82) is 0 Å². The summed E-state index contributed by atoms with van der Waals surface area (Å²) < 4.78 is 13.5. The number of aromatic nitrogens is 1. The molecule has 4 aromatic rings. The first-order chi connectivity index (χ1) is 16.5. The number of nitrogens with one attached hydrogen (secondary N) is 1. The molecule has 0 saturated carbocycles. The number of Topliss-reactive ketones (excluding diaryl/α,β-unsaturated/α-hetero) is 1. The summed E-state index contributed by atoms with van der Waals surface area (Å²) in [5.41, 5.74) is 2.22. The zero-order valence-corrected chi connectivity index (χ0v) is 19.3. The molecule has 6 heteroatoms. The van der Waals surface area contributed by atoms with Gasteiger partial charge >= 0.3 is 0 Å². The second kappa shape index (κ2) is 11.0. The normalized spacial score (nSPS) is 11.8. The minimum absolute atomic E-state index is 0.0651. The lowest BCUT2D eigenvalue weighted by Gasteiger charge is -2.19. The van der Waals surface area contributed by atoms with Crippen LogP contribution in [0.25, 0.3) is 10.8 Å². The smallest absolute Gasteiger partial charge is 0.252 e. The van der Waals surface area contributed by atoms with Crippen molar-refractivity contribution in [3.05, 3.63) is 113 Å². The van der Waals surface area contributed by atoms with E-state index in [0.29, 0.717) is 34.4 Å². The van der Waals surface area contributed by atoms with Gasteiger partial charge in [-0.1, -0.05) is 41.9 Å². The van der Waals surface area contributed by atoms with Crippen molar-refractivity contribution < 1.29 is 14.0 Å². The van der Waals surface area contributed by atoms with Gasteiger partial charge in [0.2, 0.25) is 0 Å². The highest BCUT2D eigenvalue weighted by Crippen LogP contribution is 2.22. The molecule has 4 rings (SSSR count). The summed E-state index contributed by atoms with van der Waals surface area (Å²) in [4.78, 5) is 30.3. The van der Waals surface area contributed by atoms with Crippen molar-refractivity contribution in [2.45, 2.75) is 31.7 Å². The predicted molar refractivity (Wildman–Crippen MR) is 132 cm³/mol. The summed E-state index contributed by atoms with van der Waals surface area (Å²) in [6, 6.07) is 19.5. The summed E-state index contributed by atoms with van der Waals surface area (Å²) in [6.07, 6.45) is 6.30. The maximum Gasteiger partial charge on any atom is 0.252 e. The number of fused-ring (bicyclic) bond motifs is 1. The zero-order valence-electron chi connectivity index (χ0n) is 18.5. The molecule has 0 saturated heterocycles. The molecule has 0 fully saturated rings. The van der Waals surface area contributed by atoms with E-state index in [2.05, 4.69) is 10.3 Å². The van der Waals surface area contributed by atoms with Gasteiger partial charge in [-0.2, -0.15) is 0 Å². The Morgan fingerprint density at radius 3 is 2.47 bits per heavy atom. The number of nitrogens with zero attached hydrogens (tertiary/aromatic N) is 1. The molecule has 1 N–H and O–H groups in total. The Kier molecular flexibility index (Phi) is 7.65. The first-order valence-corrected chi connectivity index (χ1v) is 11.5. The zero-order chi connectivity index (χ0) is 23.9. The lowest BCUT2D eigenvalue weighted by molar-refractivity contribution is -0.121. The Morgan fingerprint density at radius 2 is 1.71 bits per heavy atom. The van der Waals surface area contributed by atoms with Crippen molar-refractivity contribution in [1.82, 2.24) is 10.3 Å². The molecule has 1 heterocycles. The van der Waals surface area contributed by atoms with Crippen LogP contribution in [0.4, 0.5) is 4.39 Å². The fraction of sp³-hybridized carbons (Fsp3) is 0.179. The van der Waals surface area contributed by atoms with E-state index in [-0.39, 0.29) is 17.5 Å². The first kappa shape index (κ1) is 23.6. The van der Waals surface area contributed by atoms with Crippen molar-refractivity contribution in [2.24, 2.45) is 0 Å². The van der Waals surface area contributed by atoms with Crippen molar-refractivity contribution >= 4 is 34.1 Å². The van der Waals surface area contributed by atoms with E-state index in [4.69, 9.17) is 11.6 Å². The Bertz CT molecular complexity index is 1290. The van der Waals surface area contributed by atoms with Gasteiger partial charge in [-0.05, 0) is 83.6 Å². The van der Waals surface area contributed by atoms with Gasteiger partial charge in [0.05, 0.1) is 0 Å². The van der Waals surface area contributed by atoms with Gasteiger partial charge in [-0.15, -0.1) is 0 Å². The molecule has 0 aliphatic carbocycles. The van der Waals surface area contributed by atoms with E-state index >= 15 is 0 Å². The quantitative estimate of drug-likeness (QED) is 0.282. The monoisotopic (exact) mass is 474 g/mol. The van der Waals surface area contributed by atoms with Crippen LogP contribution in [-0.4, -0.2) is 16.7 Å². The summed E-state index contributed by atoms with van der Waals surface area (Å²) in [5, 5.41) is 4.90. The molecule has 0 aliphatic heterocycles. The minimum atomic E-state index is -0.785. The maximum atomic E-state index is 13.5. The molecule has 0 unspecified atom stereocenters. The van der Waals surface area contributed by atoms with E-state index in [1.165, 1.54) is 12.1 Å². The molecule has 4 nitrogen and oxygen atoms in total. The van der Waals surface area contributed by atoms with Crippen LogP contribution >= 0.6 is 11.6 Å². The first-order valence-electron chi connectivity index (χ1n) is 11.2. The Morgan fingerprint density at radius 1 is 0.941 bits per heavy atom. The number of carbonyl (C=O) groups is 2. The molecule has 3 aromatic carbocycles. The van der Waals surface area contributed by atoms with Crippen molar-refractivity contribution in [2.75, 3.05) is 0 Å². The van der Waals surface area contributed by atoms with Gasteiger partial charge in [-0.25, -0.2) is 4.39 Å². The van der Waals surface area contributed by atoms with Gasteiger partial charge in [0.25, 0.3) is 5.91 Å². The number of pyridine rings is 1. The molecule has 172 valence electrons. The average molecular weight is 475 g/mol. The van der Waals surface area contributed by atoms with Crippen LogP contribution in [0.3, 0.4) is 0 Å². The lowest BCUT2D eigenvalue weighted by atomic mass is 9.97. The second-order valence-electron chi connectivity index (χ2n) is 8.20. The van der Waals surface area contributed by atoms with Crippen LogP contribution in [0, 0.1) is 5.82 Å². The molecular weight excluding hydrogens is 451 g/mol. The standard InChI is InChI=1S/C28H24ClFN2O2/c29-24-12-9-20(10-13-24)27(26(33)6-2-1-4-19-5-3-15-31-18-19)32-28(34)23-8-7-22-17-25(30)14-11-21(22)16-23/h3,5,7-18,27H,1-2,4,6H2,(H,32,34)/t27-/m0/s1. The number of hydrogen-bond acceptors (Lipinski definition) is 3. The molecule has 34 heavy (non-hydrogen) atoms. The van der Waals surface area contributed by atoms with Crippen LogP contribution in [0.1, 0.15) is 46.8 Å². The van der Waals surface area contributed by atoms with Gasteiger partial charge in [0.15, 0.2) is 5.78 Å². The molecule has 0 aliphatic rings. The number of carbonyl (C=O) groups excluding carboxylic acids is 2. The highest BCUT2D eigenvalue weighted by atomic mass is 35.5. The number of aryl methyl sites for hydroxylation is 1. The fourth-order valence-corrected chi connectivity index (χ4v) is 4.02. The van der Waals surface area contributed by atoms with Crippen molar-refractivity contribution in [3.8, 4) is 0 Å². The Balaban J connectivity index is 1.46. The number of unbranched alkanes of at least 4 members (excludes halogenated alkanes) is 1. The number of rotatable bonds is 9. The third-order valence-corrected chi connectivity index (χ3v) is 5.98. The number of ketones is 1. The van der Waals surface area contributed by atoms with E-state index < -0.39 is 6.04 Å². The van der Waals surface area contributed by atoms with Gasteiger partial charge in [0, 0.05) is 29.4 Å². The number of hydrogen-bond donors (Lipinski definition) is 1. The molecular formula is C28H24ClFN2O2. The maximum absolute atomic E-state index is 13.5. The summed E-state index contributed by atoms with van der Waals surface area (Å²) in [7, 11) is 0. The predicted octanol–water partition coefficient (Wildman–Crippen LogP) is 6.48. The fourth-order valence-electron chi connectivity index (χ4n) is 3.90. The van der Waals surface area contributed by atoms with Crippen LogP contribution in [0.2, 0.25) is 5.02 Å². The molecule has 0 bridgehead atoms. The van der Waals surface area contributed by atoms with E-state index in [0.717, 1.165) is 23.8 Å². The van der Waals surface area contributed by atoms with Crippen LogP contribution in [0.15, 0.2) is 85.2 Å². The summed E-state index contributed by atoms with van der Waals surface area (Å²) >= 11 is 6.02. The third kappa shape index (κ3) is 6.06.